The zero-order chi connectivity index (χ0) is 20.3. The summed E-state index contributed by atoms with van der Waals surface area (Å²) >= 11 is 1.25. The lowest BCUT2D eigenvalue weighted by molar-refractivity contribution is 0.0605. The molecule has 0 spiro atoms. The highest BCUT2D eigenvalue weighted by Gasteiger charge is 2.18. The van der Waals surface area contributed by atoms with Crippen LogP contribution in [0.4, 0.5) is 0 Å². The number of nitrogens with zero attached hydrogens (tertiary/aromatic N) is 1. The second-order valence-electron chi connectivity index (χ2n) is 5.90. The normalized spacial score (nSPS) is 11.0. The molecule has 0 unspecified atom stereocenters. The average Bonchev–Trinajstić information content (AvgIpc) is 3.06. The van der Waals surface area contributed by atoms with Gasteiger partial charge in [0.1, 0.15) is 9.71 Å². The number of para-hydroxylation sites is 1. The minimum absolute atomic E-state index is 0.204. The van der Waals surface area contributed by atoms with Crippen molar-refractivity contribution in [2.45, 2.75) is 6.92 Å². The summed E-state index contributed by atoms with van der Waals surface area (Å²) in [6.07, 6.45) is 4.64. The SMILES string of the molecule is COC(=O)c1sc2ncc(C(=O)C=Cc3cccc(OC)c3OC)cc2c1C. The molecular weight excluding hydrogens is 378 g/mol. The topological polar surface area (TPSA) is 74.7 Å². The zero-order valence-electron chi connectivity index (χ0n) is 15.9. The van der Waals surface area contributed by atoms with Crippen LogP contribution in [0, 0.1) is 6.92 Å². The van der Waals surface area contributed by atoms with Gasteiger partial charge in [-0.05, 0) is 36.8 Å². The van der Waals surface area contributed by atoms with Crippen LogP contribution in [0.3, 0.4) is 0 Å². The molecule has 0 atom stereocenters. The van der Waals surface area contributed by atoms with Crippen molar-refractivity contribution >= 4 is 39.4 Å². The predicted molar refractivity (Wildman–Crippen MR) is 109 cm³/mol. The first-order valence-corrected chi connectivity index (χ1v) is 9.22. The monoisotopic (exact) mass is 397 g/mol. The molecule has 2 aromatic heterocycles. The number of carbonyl (C=O) groups is 2. The lowest BCUT2D eigenvalue weighted by Gasteiger charge is -2.09. The Morgan fingerprint density at radius 3 is 2.61 bits per heavy atom. The van der Waals surface area contributed by atoms with Crippen LogP contribution in [0.25, 0.3) is 16.3 Å². The number of ketones is 1. The standard InChI is InChI=1S/C21H19NO5S/c1-12-15-10-14(11-22-20(15)28-19(12)21(24)27-4)16(23)9-8-13-6-5-7-17(25-2)18(13)26-3/h5-11H,1-4H3. The number of pyridine rings is 1. The number of aromatic nitrogens is 1. The van der Waals surface area contributed by atoms with E-state index < -0.39 is 5.97 Å². The maximum Gasteiger partial charge on any atom is 0.348 e. The Morgan fingerprint density at radius 2 is 1.93 bits per heavy atom. The molecule has 0 radical (unpaired) electrons. The first-order chi connectivity index (χ1) is 13.5. The quantitative estimate of drug-likeness (QED) is 0.351. The highest BCUT2D eigenvalue weighted by Crippen LogP contribution is 2.32. The lowest BCUT2D eigenvalue weighted by atomic mass is 10.1. The number of rotatable bonds is 6. The fourth-order valence-corrected chi connectivity index (χ4v) is 3.88. The Bertz CT molecular complexity index is 1080. The molecule has 0 aliphatic rings. The van der Waals surface area contributed by atoms with Crippen molar-refractivity contribution in [1.29, 1.82) is 0 Å². The molecule has 0 saturated carbocycles. The second-order valence-corrected chi connectivity index (χ2v) is 6.90. The van der Waals surface area contributed by atoms with Crippen LogP contribution in [-0.2, 0) is 4.74 Å². The summed E-state index contributed by atoms with van der Waals surface area (Å²) in [6.45, 7) is 1.82. The number of hydrogen-bond acceptors (Lipinski definition) is 7. The molecule has 7 heteroatoms. The Morgan fingerprint density at radius 1 is 1.14 bits per heavy atom. The van der Waals surface area contributed by atoms with Crippen LogP contribution < -0.4 is 9.47 Å². The molecule has 3 rings (SSSR count). The molecule has 1 aromatic carbocycles. The van der Waals surface area contributed by atoms with E-state index in [9.17, 15) is 9.59 Å². The fraction of sp³-hybridized carbons (Fsp3) is 0.190. The molecule has 28 heavy (non-hydrogen) atoms. The van der Waals surface area contributed by atoms with Crippen LogP contribution in [0.1, 0.15) is 31.2 Å². The summed E-state index contributed by atoms with van der Waals surface area (Å²) in [7, 11) is 4.45. The van der Waals surface area contributed by atoms with Gasteiger partial charge < -0.3 is 14.2 Å². The number of thiophene rings is 1. The number of allylic oxidation sites excluding steroid dienone is 1. The Hall–Kier alpha value is -3.19. The molecule has 0 fully saturated rings. The van der Waals surface area contributed by atoms with E-state index in [1.165, 1.54) is 30.7 Å². The van der Waals surface area contributed by atoms with Gasteiger partial charge in [-0.15, -0.1) is 11.3 Å². The smallest absolute Gasteiger partial charge is 0.348 e. The maximum absolute atomic E-state index is 12.6. The van der Waals surface area contributed by atoms with E-state index in [2.05, 4.69) is 4.98 Å². The van der Waals surface area contributed by atoms with Crippen molar-refractivity contribution < 1.29 is 23.8 Å². The van der Waals surface area contributed by atoms with Gasteiger partial charge in [0.05, 0.1) is 21.3 Å². The molecule has 0 aliphatic carbocycles. The first kappa shape index (κ1) is 19.6. The van der Waals surface area contributed by atoms with Crippen LogP contribution >= 0.6 is 11.3 Å². The van der Waals surface area contributed by atoms with Gasteiger partial charge in [0.25, 0.3) is 0 Å². The molecule has 0 bridgehead atoms. The molecule has 0 N–H and O–H groups in total. The highest BCUT2D eigenvalue weighted by molar-refractivity contribution is 7.20. The van der Waals surface area contributed by atoms with Gasteiger partial charge >= 0.3 is 5.97 Å². The number of fused-ring (bicyclic) bond motifs is 1. The summed E-state index contributed by atoms with van der Waals surface area (Å²) in [6, 6.07) is 7.19. The number of benzene rings is 1. The van der Waals surface area contributed by atoms with Gasteiger partial charge in [0, 0.05) is 22.7 Å². The van der Waals surface area contributed by atoms with Crippen LogP contribution in [0.2, 0.25) is 0 Å². The van der Waals surface area contributed by atoms with E-state index in [1.807, 2.05) is 19.1 Å². The third kappa shape index (κ3) is 3.61. The van der Waals surface area contributed by atoms with Gasteiger partial charge in [0.2, 0.25) is 0 Å². The van der Waals surface area contributed by atoms with Crippen molar-refractivity contribution in [2.75, 3.05) is 21.3 Å². The Labute approximate surface area is 166 Å². The summed E-state index contributed by atoms with van der Waals surface area (Å²) in [5.41, 5.74) is 1.92. The second kappa shape index (κ2) is 8.22. The van der Waals surface area contributed by atoms with Crippen LogP contribution in [0.5, 0.6) is 11.5 Å². The molecule has 2 heterocycles. The molecular formula is C21H19NO5S. The lowest BCUT2D eigenvalue weighted by Crippen LogP contribution is -1.99. The number of ether oxygens (including phenoxy) is 3. The molecule has 3 aromatic rings. The van der Waals surface area contributed by atoms with Gasteiger partial charge in [0.15, 0.2) is 17.3 Å². The fourth-order valence-electron chi connectivity index (χ4n) is 2.82. The van der Waals surface area contributed by atoms with Gasteiger partial charge in [-0.3, -0.25) is 4.79 Å². The van der Waals surface area contributed by atoms with Gasteiger partial charge in [-0.2, -0.15) is 0 Å². The minimum atomic E-state index is -0.404. The number of aryl methyl sites for hydroxylation is 1. The molecule has 144 valence electrons. The minimum Gasteiger partial charge on any atom is -0.493 e. The molecule has 0 aliphatic heterocycles. The number of methoxy groups -OCH3 is 3. The van der Waals surface area contributed by atoms with Crippen molar-refractivity contribution in [3.05, 3.63) is 58.1 Å². The van der Waals surface area contributed by atoms with Crippen molar-refractivity contribution in [1.82, 2.24) is 4.98 Å². The summed E-state index contributed by atoms with van der Waals surface area (Å²) < 4.78 is 15.4. The number of hydrogen-bond donors (Lipinski definition) is 0. The van der Waals surface area contributed by atoms with Crippen molar-refractivity contribution in [3.63, 3.8) is 0 Å². The third-order valence-corrected chi connectivity index (χ3v) is 5.49. The number of esters is 1. The first-order valence-electron chi connectivity index (χ1n) is 8.41. The van der Waals surface area contributed by atoms with E-state index >= 15 is 0 Å². The average molecular weight is 397 g/mol. The predicted octanol–water partition coefficient (Wildman–Crippen LogP) is 4.30. The number of carbonyl (C=O) groups excluding carboxylic acids is 2. The van der Waals surface area contributed by atoms with Crippen LogP contribution in [0.15, 0.2) is 36.5 Å². The molecule has 0 amide bonds. The molecule has 6 nitrogen and oxygen atoms in total. The Balaban J connectivity index is 1.93. The highest BCUT2D eigenvalue weighted by atomic mass is 32.1. The van der Waals surface area contributed by atoms with Gasteiger partial charge in [-0.25, -0.2) is 9.78 Å². The Kier molecular flexibility index (Phi) is 5.75. The zero-order valence-corrected chi connectivity index (χ0v) is 16.8. The summed E-state index contributed by atoms with van der Waals surface area (Å²) in [5, 5.41) is 0.767. The van der Waals surface area contributed by atoms with Crippen molar-refractivity contribution in [2.24, 2.45) is 0 Å². The van der Waals surface area contributed by atoms with E-state index in [-0.39, 0.29) is 5.78 Å². The summed E-state index contributed by atoms with van der Waals surface area (Å²) in [4.78, 5) is 30.0. The van der Waals surface area contributed by atoms with Crippen molar-refractivity contribution in [3.8, 4) is 11.5 Å². The van der Waals surface area contributed by atoms with E-state index in [1.54, 1.807) is 32.4 Å². The summed E-state index contributed by atoms with van der Waals surface area (Å²) in [5.74, 6) is 0.534. The third-order valence-electron chi connectivity index (χ3n) is 4.30. The van der Waals surface area contributed by atoms with Crippen LogP contribution in [-0.4, -0.2) is 38.1 Å². The maximum atomic E-state index is 12.6. The van der Waals surface area contributed by atoms with E-state index in [0.29, 0.717) is 26.8 Å². The van der Waals surface area contributed by atoms with E-state index in [0.717, 1.165) is 16.5 Å². The molecule has 0 saturated heterocycles. The largest absolute Gasteiger partial charge is 0.493 e. The van der Waals surface area contributed by atoms with Gasteiger partial charge in [-0.1, -0.05) is 12.1 Å². The van der Waals surface area contributed by atoms with E-state index in [4.69, 9.17) is 14.2 Å².